The summed E-state index contributed by atoms with van der Waals surface area (Å²) >= 11 is 1.71. The first kappa shape index (κ1) is 17.4. The van der Waals surface area contributed by atoms with Gasteiger partial charge in [-0.15, -0.1) is 11.3 Å². The van der Waals surface area contributed by atoms with Gasteiger partial charge in [-0.05, 0) is 75.7 Å². The fourth-order valence-corrected chi connectivity index (χ4v) is 7.17. The molecule has 0 unspecified atom stereocenters. The normalized spacial score (nSPS) is 31.4. The summed E-state index contributed by atoms with van der Waals surface area (Å²) in [5.41, 5.74) is 0.0716. The second-order valence-electron chi connectivity index (χ2n) is 9.00. The van der Waals surface area contributed by atoms with Crippen LogP contribution in [0.2, 0.25) is 0 Å². The zero-order valence-corrected chi connectivity index (χ0v) is 17.0. The number of anilines is 1. The molecule has 0 saturated heterocycles. The van der Waals surface area contributed by atoms with Gasteiger partial charge in [0.1, 0.15) is 16.5 Å². The van der Waals surface area contributed by atoms with Crippen molar-refractivity contribution in [2.24, 2.45) is 17.8 Å². The first-order valence-corrected chi connectivity index (χ1v) is 11.2. The summed E-state index contributed by atoms with van der Waals surface area (Å²) in [6, 6.07) is 2.15. The van der Waals surface area contributed by atoms with E-state index in [-0.39, 0.29) is 18.0 Å². The van der Waals surface area contributed by atoms with Gasteiger partial charge in [-0.2, -0.15) is 0 Å². The number of rotatable bonds is 5. The lowest BCUT2D eigenvalue weighted by Gasteiger charge is -2.56. The Kier molecular flexibility index (Phi) is 4.15. The summed E-state index contributed by atoms with van der Waals surface area (Å²) in [4.78, 5) is 24.2. The summed E-state index contributed by atoms with van der Waals surface area (Å²) in [6.07, 6.45) is 8.73. The average molecular weight is 385 g/mol. The largest absolute Gasteiger partial charge is 0.360 e. The molecular formula is C21H28N4OS. The van der Waals surface area contributed by atoms with Crippen LogP contribution in [0.3, 0.4) is 0 Å². The van der Waals surface area contributed by atoms with Crippen LogP contribution >= 0.6 is 11.3 Å². The van der Waals surface area contributed by atoms with Crippen molar-refractivity contribution in [2.45, 2.75) is 64.3 Å². The molecule has 2 heterocycles. The Bertz CT molecular complexity index is 854. The predicted octanol–water partition coefficient (Wildman–Crippen LogP) is 4.06. The molecule has 4 saturated carbocycles. The minimum atomic E-state index is 0.0716. The monoisotopic (exact) mass is 384 g/mol. The molecular weight excluding hydrogens is 356 g/mol. The van der Waals surface area contributed by atoms with Crippen molar-refractivity contribution in [3.8, 4) is 0 Å². The van der Waals surface area contributed by atoms with Crippen LogP contribution in [0.4, 0.5) is 5.82 Å². The molecule has 2 aromatic heterocycles. The summed E-state index contributed by atoms with van der Waals surface area (Å²) < 4.78 is 0. The van der Waals surface area contributed by atoms with Crippen LogP contribution in [0.5, 0.6) is 0 Å². The lowest BCUT2D eigenvalue weighted by atomic mass is 9.53. The maximum Gasteiger partial charge on any atom is 0.239 e. The van der Waals surface area contributed by atoms with Gasteiger partial charge < -0.3 is 10.6 Å². The number of aryl methyl sites for hydroxylation is 2. The second kappa shape index (κ2) is 6.43. The van der Waals surface area contributed by atoms with Crippen LogP contribution < -0.4 is 10.6 Å². The topological polar surface area (TPSA) is 66.9 Å². The van der Waals surface area contributed by atoms with Gasteiger partial charge in [-0.3, -0.25) is 4.79 Å². The Balaban J connectivity index is 1.29. The molecule has 0 radical (unpaired) electrons. The molecule has 144 valence electrons. The summed E-state index contributed by atoms with van der Waals surface area (Å²) in [7, 11) is 0. The van der Waals surface area contributed by atoms with E-state index in [9.17, 15) is 4.79 Å². The minimum Gasteiger partial charge on any atom is -0.360 e. The molecule has 0 aromatic carbocycles. The van der Waals surface area contributed by atoms with Crippen LogP contribution in [0.1, 0.15) is 56.2 Å². The zero-order valence-electron chi connectivity index (χ0n) is 16.2. The van der Waals surface area contributed by atoms with Crippen LogP contribution in [-0.2, 0) is 11.2 Å². The summed E-state index contributed by atoms with van der Waals surface area (Å²) in [6.45, 7) is 4.34. The van der Waals surface area contributed by atoms with E-state index in [4.69, 9.17) is 0 Å². The van der Waals surface area contributed by atoms with E-state index in [1.807, 2.05) is 6.92 Å². The van der Waals surface area contributed by atoms with Crippen molar-refractivity contribution >= 4 is 33.3 Å². The quantitative estimate of drug-likeness (QED) is 0.816. The molecule has 2 aromatic rings. The third-order valence-corrected chi connectivity index (χ3v) is 7.94. The van der Waals surface area contributed by atoms with Gasteiger partial charge in [-0.25, -0.2) is 9.97 Å². The Morgan fingerprint density at radius 3 is 2.48 bits per heavy atom. The van der Waals surface area contributed by atoms with E-state index >= 15 is 0 Å². The van der Waals surface area contributed by atoms with Crippen molar-refractivity contribution in [1.29, 1.82) is 0 Å². The van der Waals surface area contributed by atoms with Gasteiger partial charge in [0.15, 0.2) is 0 Å². The van der Waals surface area contributed by atoms with Crippen molar-refractivity contribution in [2.75, 3.05) is 11.9 Å². The molecule has 4 bridgehead atoms. The van der Waals surface area contributed by atoms with Gasteiger partial charge in [-0.1, -0.05) is 6.92 Å². The van der Waals surface area contributed by atoms with Crippen molar-refractivity contribution in [3.63, 3.8) is 0 Å². The molecule has 4 aliphatic rings. The van der Waals surface area contributed by atoms with Crippen LogP contribution in [0.25, 0.3) is 10.2 Å². The second-order valence-corrected chi connectivity index (χ2v) is 10.1. The molecule has 5 nitrogen and oxygen atoms in total. The molecule has 4 fully saturated rings. The number of aromatic nitrogens is 2. The lowest BCUT2D eigenvalue weighted by Crippen LogP contribution is -2.60. The summed E-state index contributed by atoms with van der Waals surface area (Å²) in [5, 5.41) is 7.76. The smallest absolute Gasteiger partial charge is 0.239 e. The highest BCUT2D eigenvalue weighted by atomic mass is 32.1. The SMILES string of the molecule is CCc1cc2c(NCC(=O)NC34CC5CC(CC(C5)C3)C4)nc(C)nc2s1. The summed E-state index contributed by atoms with van der Waals surface area (Å²) in [5.74, 6) is 4.16. The van der Waals surface area contributed by atoms with Crippen molar-refractivity contribution in [3.05, 3.63) is 16.8 Å². The molecule has 6 heteroatoms. The van der Waals surface area contributed by atoms with E-state index in [1.54, 1.807) is 11.3 Å². The number of amides is 1. The van der Waals surface area contributed by atoms with Gasteiger partial charge in [0.25, 0.3) is 0 Å². The van der Waals surface area contributed by atoms with Crippen molar-refractivity contribution < 1.29 is 4.79 Å². The Labute approximate surface area is 164 Å². The fourth-order valence-electron chi connectivity index (χ4n) is 6.15. The van der Waals surface area contributed by atoms with Crippen LogP contribution in [-0.4, -0.2) is 28.0 Å². The Morgan fingerprint density at radius 1 is 1.19 bits per heavy atom. The first-order valence-electron chi connectivity index (χ1n) is 10.3. The fraction of sp³-hybridized carbons (Fsp3) is 0.667. The standard InChI is InChI=1S/C21H28N4OS/c1-3-16-7-17-19(23-12(2)24-20(17)27-16)22-11-18(26)25-21-8-13-4-14(9-21)6-15(5-13)10-21/h7,13-15H,3-6,8-11H2,1-2H3,(H,25,26)(H,22,23,24). The number of carbonyl (C=O) groups excluding carboxylic acids is 1. The van der Waals surface area contributed by atoms with E-state index in [2.05, 4.69) is 33.6 Å². The first-order chi connectivity index (χ1) is 13.0. The maximum atomic E-state index is 12.8. The van der Waals surface area contributed by atoms with E-state index in [0.717, 1.165) is 46.0 Å². The molecule has 0 atom stereocenters. The Morgan fingerprint density at radius 2 is 1.85 bits per heavy atom. The highest BCUT2D eigenvalue weighted by Gasteiger charge is 2.51. The number of hydrogen-bond acceptors (Lipinski definition) is 5. The predicted molar refractivity (Wildman–Crippen MR) is 109 cm³/mol. The molecule has 6 rings (SSSR count). The molecule has 0 aliphatic heterocycles. The van der Waals surface area contributed by atoms with Gasteiger partial charge in [0.2, 0.25) is 5.91 Å². The number of carbonyl (C=O) groups is 1. The molecule has 4 aliphatic carbocycles. The number of nitrogens with zero attached hydrogens (tertiary/aromatic N) is 2. The lowest BCUT2D eigenvalue weighted by molar-refractivity contribution is -0.125. The zero-order chi connectivity index (χ0) is 18.6. The molecule has 27 heavy (non-hydrogen) atoms. The third-order valence-electron chi connectivity index (χ3n) is 6.76. The van der Waals surface area contributed by atoms with Gasteiger partial charge in [0.05, 0.1) is 11.9 Å². The highest BCUT2D eigenvalue weighted by Crippen LogP contribution is 2.55. The van der Waals surface area contributed by atoms with Crippen LogP contribution in [0, 0.1) is 24.7 Å². The highest BCUT2D eigenvalue weighted by molar-refractivity contribution is 7.18. The van der Waals surface area contributed by atoms with E-state index in [0.29, 0.717) is 0 Å². The van der Waals surface area contributed by atoms with Gasteiger partial charge in [0, 0.05) is 10.4 Å². The third kappa shape index (κ3) is 3.22. The molecule has 1 amide bonds. The van der Waals surface area contributed by atoms with E-state index < -0.39 is 0 Å². The Hall–Kier alpha value is -1.69. The van der Waals surface area contributed by atoms with E-state index in [1.165, 1.54) is 43.4 Å². The minimum absolute atomic E-state index is 0.0716. The van der Waals surface area contributed by atoms with Crippen molar-refractivity contribution in [1.82, 2.24) is 15.3 Å². The number of fused-ring (bicyclic) bond motifs is 1. The maximum absolute atomic E-state index is 12.8. The number of thiophene rings is 1. The number of hydrogen-bond donors (Lipinski definition) is 2. The van der Waals surface area contributed by atoms with Crippen LogP contribution in [0.15, 0.2) is 6.07 Å². The van der Waals surface area contributed by atoms with Gasteiger partial charge >= 0.3 is 0 Å². The molecule has 0 spiro atoms. The molecule has 2 N–H and O–H groups in total. The number of nitrogens with one attached hydrogen (secondary N) is 2. The average Bonchev–Trinajstić information content (AvgIpc) is 3.01.